The van der Waals surface area contributed by atoms with Gasteiger partial charge in [-0.1, -0.05) is 12.1 Å². The van der Waals surface area contributed by atoms with E-state index in [0.29, 0.717) is 34.9 Å². The lowest BCUT2D eigenvalue weighted by atomic mass is 9.95. The molecule has 4 rings (SSSR count). The normalized spacial score (nSPS) is 17.4. The zero-order valence-electron chi connectivity index (χ0n) is 17.7. The van der Waals surface area contributed by atoms with Crippen molar-refractivity contribution in [1.82, 2.24) is 4.98 Å². The number of pyridine rings is 1. The maximum atomic E-state index is 13.1. The average Bonchev–Trinajstić information content (AvgIpc) is 3.10. The van der Waals surface area contributed by atoms with Crippen LogP contribution in [0.3, 0.4) is 0 Å². The summed E-state index contributed by atoms with van der Waals surface area (Å²) in [4.78, 5) is 31.7. The second-order valence-electron chi connectivity index (χ2n) is 7.11. The number of hydrogen-bond donors (Lipinski definition) is 1. The molecule has 1 saturated heterocycles. The standard InChI is InChI=1S/C25H22N2O5/c1-3-32-19-9-7-18(8-10-19)27-22(16-11-13-26-14-12-16)21(24(29)25(27)30)23(28)17-5-4-6-20(15-17)31-2/h4-15,22,28H,3H2,1-2H3/b23-21-. The predicted octanol–water partition coefficient (Wildman–Crippen LogP) is 4.12. The molecular formula is C25H22N2O5. The lowest BCUT2D eigenvalue weighted by Gasteiger charge is -2.25. The molecule has 2 aromatic carbocycles. The molecule has 1 aliphatic rings. The van der Waals surface area contributed by atoms with Gasteiger partial charge in [0.15, 0.2) is 0 Å². The molecule has 32 heavy (non-hydrogen) atoms. The van der Waals surface area contributed by atoms with Crippen LogP contribution in [0.25, 0.3) is 5.76 Å². The highest BCUT2D eigenvalue weighted by atomic mass is 16.5. The highest BCUT2D eigenvalue weighted by molar-refractivity contribution is 6.51. The largest absolute Gasteiger partial charge is 0.507 e. The first-order chi connectivity index (χ1) is 15.5. The number of carbonyl (C=O) groups excluding carboxylic acids is 2. The Morgan fingerprint density at radius 3 is 2.41 bits per heavy atom. The van der Waals surface area contributed by atoms with Gasteiger partial charge in [0.05, 0.1) is 25.3 Å². The molecule has 0 spiro atoms. The number of ether oxygens (including phenoxy) is 2. The Balaban J connectivity index is 1.88. The van der Waals surface area contributed by atoms with Crippen LogP contribution in [0, 0.1) is 0 Å². The van der Waals surface area contributed by atoms with E-state index in [2.05, 4.69) is 4.98 Å². The van der Waals surface area contributed by atoms with Crippen molar-refractivity contribution >= 4 is 23.1 Å². The molecular weight excluding hydrogens is 408 g/mol. The van der Waals surface area contributed by atoms with Gasteiger partial charge in [-0.3, -0.25) is 19.5 Å². The van der Waals surface area contributed by atoms with Crippen molar-refractivity contribution in [1.29, 1.82) is 0 Å². The van der Waals surface area contributed by atoms with Gasteiger partial charge in [-0.05, 0) is 61.0 Å². The van der Waals surface area contributed by atoms with Gasteiger partial charge in [0.25, 0.3) is 11.7 Å². The maximum absolute atomic E-state index is 13.1. The molecule has 1 aromatic heterocycles. The third-order valence-corrected chi connectivity index (χ3v) is 5.24. The van der Waals surface area contributed by atoms with Crippen LogP contribution in [0.4, 0.5) is 5.69 Å². The topological polar surface area (TPSA) is 89.0 Å². The van der Waals surface area contributed by atoms with Gasteiger partial charge in [-0.25, -0.2) is 0 Å². The Morgan fingerprint density at radius 1 is 1.03 bits per heavy atom. The quantitative estimate of drug-likeness (QED) is 0.360. The van der Waals surface area contributed by atoms with E-state index in [-0.39, 0.29) is 11.3 Å². The van der Waals surface area contributed by atoms with E-state index in [9.17, 15) is 14.7 Å². The molecule has 0 aliphatic carbocycles. The Labute approximate surface area is 185 Å². The number of hydrogen-bond acceptors (Lipinski definition) is 6. The van der Waals surface area contributed by atoms with E-state index >= 15 is 0 Å². The van der Waals surface area contributed by atoms with E-state index < -0.39 is 17.7 Å². The fourth-order valence-electron chi connectivity index (χ4n) is 3.76. The minimum Gasteiger partial charge on any atom is -0.507 e. The second kappa shape index (κ2) is 8.93. The monoisotopic (exact) mass is 430 g/mol. The number of aromatic nitrogens is 1. The Kier molecular flexibility index (Phi) is 5.89. The van der Waals surface area contributed by atoms with Crippen molar-refractivity contribution < 1.29 is 24.2 Å². The number of aliphatic hydroxyl groups excluding tert-OH is 1. The van der Waals surface area contributed by atoms with E-state index in [1.807, 2.05) is 6.92 Å². The molecule has 0 radical (unpaired) electrons. The number of benzene rings is 2. The molecule has 0 saturated carbocycles. The van der Waals surface area contributed by atoms with E-state index in [1.54, 1.807) is 73.1 Å². The van der Waals surface area contributed by atoms with Crippen molar-refractivity contribution in [2.45, 2.75) is 13.0 Å². The number of amides is 1. The summed E-state index contributed by atoms with van der Waals surface area (Å²) in [6.45, 7) is 2.40. The first-order valence-corrected chi connectivity index (χ1v) is 10.1. The van der Waals surface area contributed by atoms with E-state index in [4.69, 9.17) is 9.47 Å². The summed E-state index contributed by atoms with van der Waals surface area (Å²) in [5.41, 5.74) is 1.55. The van der Waals surface area contributed by atoms with Crippen LogP contribution in [-0.4, -0.2) is 35.5 Å². The van der Waals surface area contributed by atoms with Crippen molar-refractivity contribution in [3.8, 4) is 11.5 Å². The van der Waals surface area contributed by atoms with Crippen LogP contribution >= 0.6 is 0 Å². The molecule has 1 N–H and O–H groups in total. The number of Topliss-reactive ketones (excluding diaryl/α,β-unsaturated/α-hetero) is 1. The smallest absolute Gasteiger partial charge is 0.300 e. The summed E-state index contributed by atoms with van der Waals surface area (Å²) in [6.07, 6.45) is 3.17. The molecule has 1 amide bonds. The number of methoxy groups -OCH3 is 1. The van der Waals surface area contributed by atoms with E-state index in [1.165, 1.54) is 12.0 Å². The van der Waals surface area contributed by atoms with Gasteiger partial charge in [0.1, 0.15) is 17.3 Å². The van der Waals surface area contributed by atoms with Gasteiger partial charge in [0, 0.05) is 23.6 Å². The minimum absolute atomic E-state index is 0.00309. The third kappa shape index (κ3) is 3.80. The molecule has 3 aromatic rings. The fourth-order valence-corrected chi connectivity index (χ4v) is 3.76. The summed E-state index contributed by atoms with van der Waals surface area (Å²) in [6, 6.07) is 16.2. The van der Waals surface area contributed by atoms with Crippen molar-refractivity contribution in [2.24, 2.45) is 0 Å². The lowest BCUT2D eigenvalue weighted by Crippen LogP contribution is -2.29. The summed E-state index contributed by atoms with van der Waals surface area (Å²) in [5.74, 6) is -0.570. The van der Waals surface area contributed by atoms with Crippen molar-refractivity contribution in [2.75, 3.05) is 18.6 Å². The van der Waals surface area contributed by atoms with Crippen molar-refractivity contribution in [3.05, 3.63) is 89.8 Å². The van der Waals surface area contributed by atoms with E-state index in [0.717, 1.165) is 0 Å². The summed E-state index contributed by atoms with van der Waals surface area (Å²) in [5, 5.41) is 11.1. The molecule has 0 bridgehead atoms. The highest BCUT2D eigenvalue weighted by Gasteiger charge is 2.47. The van der Waals surface area contributed by atoms with Gasteiger partial charge in [0.2, 0.25) is 0 Å². The molecule has 1 aliphatic heterocycles. The number of carbonyl (C=O) groups is 2. The fraction of sp³-hybridized carbons (Fsp3) is 0.160. The molecule has 1 unspecified atom stereocenters. The van der Waals surface area contributed by atoms with Gasteiger partial charge in [-0.15, -0.1) is 0 Å². The molecule has 7 nitrogen and oxygen atoms in total. The van der Waals surface area contributed by atoms with Crippen LogP contribution in [0.2, 0.25) is 0 Å². The number of ketones is 1. The van der Waals surface area contributed by atoms with Gasteiger partial charge >= 0.3 is 0 Å². The summed E-state index contributed by atoms with van der Waals surface area (Å²) in [7, 11) is 1.51. The van der Waals surface area contributed by atoms with Crippen LogP contribution < -0.4 is 14.4 Å². The van der Waals surface area contributed by atoms with Gasteiger partial charge in [-0.2, -0.15) is 0 Å². The molecule has 7 heteroatoms. The molecule has 2 heterocycles. The zero-order chi connectivity index (χ0) is 22.7. The SMILES string of the molecule is CCOc1ccc(N2C(=O)C(=O)/C(=C(\O)c3cccc(OC)c3)C2c2ccncc2)cc1. The lowest BCUT2D eigenvalue weighted by molar-refractivity contribution is -0.132. The predicted molar refractivity (Wildman–Crippen MR) is 120 cm³/mol. The number of anilines is 1. The Bertz CT molecular complexity index is 1170. The van der Waals surface area contributed by atoms with Crippen molar-refractivity contribution in [3.63, 3.8) is 0 Å². The second-order valence-corrected chi connectivity index (χ2v) is 7.11. The summed E-state index contributed by atoms with van der Waals surface area (Å²) < 4.78 is 10.7. The average molecular weight is 430 g/mol. The van der Waals surface area contributed by atoms with Gasteiger partial charge < -0.3 is 14.6 Å². The first-order valence-electron chi connectivity index (χ1n) is 10.1. The first kappa shape index (κ1) is 21.1. The third-order valence-electron chi connectivity index (χ3n) is 5.24. The molecule has 1 atom stereocenters. The highest BCUT2D eigenvalue weighted by Crippen LogP contribution is 2.42. The van der Waals surface area contributed by atoms with Crippen LogP contribution in [-0.2, 0) is 9.59 Å². The maximum Gasteiger partial charge on any atom is 0.300 e. The van der Waals surface area contributed by atoms with Crippen LogP contribution in [0.1, 0.15) is 24.1 Å². The number of nitrogens with zero attached hydrogens (tertiary/aromatic N) is 2. The Hall–Kier alpha value is -4.13. The van der Waals surface area contributed by atoms with Crippen LogP contribution in [0.5, 0.6) is 11.5 Å². The Morgan fingerprint density at radius 2 is 1.75 bits per heavy atom. The minimum atomic E-state index is -0.817. The zero-order valence-corrected chi connectivity index (χ0v) is 17.7. The summed E-state index contributed by atoms with van der Waals surface area (Å²) >= 11 is 0. The number of aliphatic hydroxyl groups is 1. The number of rotatable bonds is 6. The molecule has 1 fully saturated rings. The van der Waals surface area contributed by atoms with Crippen LogP contribution in [0.15, 0.2) is 78.6 Å². The molecule has 162 valence electrons.